The predicted molar refractivity (Wildman–Crippen MR) is 80.6 cm³/mol. The Morgan fingerprint density at radius 1 is 1.25 bits per heavy atom. The summed E-state index contributed by atoms with van der Waals surface area (Å²) in [7, 11) is 3.22. The van der Waals surface area contributed by atoms with Gasteiger partial charge in [-0.15, -0.1) is 0 Å². The lowest BCUT2D eigenvalue weighted by Crippen LogP contribution is -2.26. The van der Waals surface area contributed by atoms with Crippen molar-refractivity contribution < 1.29 is 19.0 Å². The van der Waals surface area contributed by atoms with Crippen LogP contribution >= 0.6 is 15.9 Å². The molecule has 0 bridgehead atoms. The number of ether oxygens (including phenoxy) is 3. The van der Waals surface area contributed by atoms with Crippen molar-refractivity contribution in [3.63, 3.8) is 0 Å². The minimum Gasteiger partial charge on any atom is -0.496 e. The molecule has 0 saturated heterocycles. The van der Waals surface area contributed by atoms with Crippen LogP contribution in [0.25, 0.3) is 0 Å². The molecule has 20 heavy (non-hydrogen) atoms. The maximum atomic E-state index is 11.3. The Bertz CT molecular complexity index is 451. The van der Waals surface area contributed by atoms with Crippen LogP contribution in [-0.4, -0.2) is 33.5 Å². The minimum absolute atomic E-state index is 0.394. The summed E-state index contributed by atoms with van der Waals surface area (Å²) in [6.45, 7) is 2.86. The van der Waals surface area contributed by atoms with Gasteiger partial charge in [-0.2, -0.15) is 0 Å². The molecule has 1 amide bonds. The zero-order valence-corrected chi connectivity index (χ0v) is 13.6. The molecule has 0 aliphatic carbocycles. The highest BCUT2D eigenvalue weighted by Gasteiger charge is 2.10. The molecule has 1 N–H and O–H groups in total. The second-order valence-corrected chi connectivity index (χ2v) is 4.97. The van der Waals surface area contributed by atoms with Crippen molar-refractivity contribution >= 4 is 22.0 Å². The first-order valence-corrected chi connectivity index (χ1v) is 7.22. The van der Waals surface area contributed by atoms with Gasteiger partial charge < -0.3 is 19.5 Å². The number of methoxy groups -OCH3 is 2. The molecule has 1 aromatic rings. The summed E-state index contributed by atoms with van der Waals surface area (Å²) in [5.74, 6) is 1.48. The number of halogens is 1. The van der Waals surface area contributed by atoms with Crippen LogP contribution in [0.3, 0.4) is 0 Å². The van der Waals surface area contributed by atoms with Crippen LogP contribution in [0, 0.1) is 0 Å². The second-order valence-electron chi connectivity index (χ2n) is 4.11. The molecular formula is C14H20BrNO4. The highest BCUT2D eigenvalue weighted by atomic mass is 79.9. The van der Waals surface area contributed by atoms with Crippen LogP contribution in [0.5, 0.6) is 11.5 Å². The average molecular weight is 346 g/mol. The number of carbonyl (C=O) groups excluding carboxylic acids is 1. The minimum atomic E-state index is -0.394. The van der Waals surface area contributed by atoms with Gasteiger partial charge in [0, 0.05) is 6.54 Å². The summed E-state index contributed by atoms with van der Waals surface area (Å²) >= 11 is 3.41. The van der Waals surface area contributed by atoms with Gasteiger partial charge in [-0.3, -0.25) is 0 Å². The van der Waals surface area contributed by atoms with Crippen molar-refractivity contribution in [3.05, 3.63) is 22.2 Å². The number of carbonyl (C=O) groups is 1. The highest BCUT2D eigenvalue weighted by molar-refractivity contribution is 9.10. The third-order valence-corrected chi connectivity index (χ3v) is 3.28. The summed E-state index contributed by atoms with van der Waals surface area (Å²) in [5, 5.41) is 2.70. The van der Waals surface area contributed by atoms with Gasteiger partial charge in [0.1, 0.15) is 11.5 Å². The summed E-state index contributed by atoms with van der Waals surface area (Å²) in [6, 6.07) is 3.74. The Kier molecular flexibility index (Phi) is 7.22. The van der Waals surface area contributed by atoms with E-state index < -0.39 is 6.09 Å². The lowest BCUT2D eigenvalue weighted by Gasteiger charge is -2.12. The fourth-order valence-electron chi connectivity index (χ4n) is 1.66. The van der Waals surface area contributed by atoms with E-state index in [1.54, 1.807) is 14.2 Å². The van der Waals surface area contributed by atoms with Gasteiger partial charge in [-0.1, -0.05) is 6.92 Å². The van der Waals surface area contributed by atoms with Gasteiger partial charge in [0.05, 0.1) is 25.3 Å². The monoisotopic (exact) mass is 345 g/mol. The van der Waals surface area contributed by atoms with Gasteiger partial charge in [0.2, 0.25) is 0 Å². The molecule has 1 rings (SSSR count). The number of amides is 1. The van der Waals surface area contributed by atoms with E-state index in [1.165, 1.54) is 0 Å². The first-order chi connectivity index (χ1) is 9.62. The number of nitrogens with one attached hydrogen (secondary N) is 1. The van der Waals surface area contributed by atoms with Crippen molar-refractivity contribution in [2.75, 3.05) is 27.4 Å². The summed E-state index contributed by atoms with van der Waals surface area (Å²) in [4.78, 5) is 11.3. The van der Waals surface area contributed by atoms with Gasteiger partial charge in [0.15, 0.2) is 0 Å². The van der Waals surface area contributed by atoms with Crippen molar-refractivity contribution in [1.29, 1.82) is 0 Å². The molecule has 112 valence electrons. The number of hydrogen-bond acceptors (Lipinski definition) is 4. The molecule has 5 nitrogen and oxygen atoms in total. The lowest BCUT2D eigenvalue weighted by atomic mass is 10.1. The molecule has 0 aromatic heterocycles. The molecule has 0 aliphatic heterocycles. The summed E-state index contributed by atoms with van der Waals surface area (Å²) in [5.41, 5.74) is 0.961. The largest absolute Gasteiger partial charge is 0.496 e. The van der Waals surface area contributed by atoms with Gasteiger partial charge >= 0.3 is 6.09 Å². The van der Waals surface area contributed by atoms with Crippen LogP contribution < -0.4 is 14.8 Å². The fraction of sp³-hybridized carbons (Fsp3) is 0.500. The van der Waals surface area contributed by atoms with Crippen molar-refractivity contribution in [2.24, 2.45) is 0 Å². The van der Waals surface area contributed by atoms with E-state index >= 15 is 0 Å². The third kappa shape index (κ3) is 4.92. The average Bonchev–Trinajstić information content (AvgIpc) is 2.46. The fourth-order valence-corrected chi connectivity index (χ4v) is 2.15. The number of alkyl carbamates (subject to hydrolysis) is 1. The maximum Gasteiger partial charge on any atom is 0.407 e. The zero-order chi connectivity index (χ0) is 15.0. The predicted octanol–water partition coefficient (Wildman–Crippen LogP) is 3.15. The standard InChI is InChI=1S/C14H20BrNO4/c1-4-7-20-14(17)16-6-5-10-8-13(19-3)11(15)9-12(10)18-2/h8-9H,4-7H2,1-3H3,(H,16,17). The van der Waals surface area contributed by atoms with E-state index in [2.05, 4.69) is 21.2 Å². The topological polar surface area (TPSA) is 56.8 Å². The van der Waals surface area contributed by atoms with E-state index in [-0.39, 0.29) is 0 Å². The normalized spacial score (nSPS) is 10.0. The van der Waals surface area contributed by atoms with Gasteiger partial charge in [0.25, 0.3) is 0 Å². The summed E-state index contributed by atoms with van der Waals surface area (Å²) < 4.78 is 16.3. The molecule has 6 heteroatoms. The van der Waals surface area contributed by atoms with Crippen LogP contribution in [0.4, 0.5) is 4.79 Å². The first-order valence-electron chi connectivity index (χ1n) is 6.43. The Balaban J connectivity index is 2.60. The zero-order valence-electron chi connectivity index (χ0n) is 12.0. The van der Waals surface area contributed by atoms with Crippen LogP contribution in [-0.2, 0) is 11.2 Å². The number of hydrogen-bond donors (Lipinski definition) is 1. The van der Waals surface area contributed by atoms with E-state index in [9.17, 15) is 4.79 Å². The number of benzene rings is 1. The molecule has 0 radical (unpaired) electrons. The molecule has 0 saturated carbocycles. The van der Waals surface area contributed by atoms with Crippen molar-refractivity contribution in [3.8, 4) is 11.5 Å². The Morgan fingerprint density at radius 3 is 2.55 bits per heavy atom. The molecule has 0 spiro atoms. The molecule has 0 unspecified atom stereocenters. The lowest BCUT2D eigenvalue weighted by molar-refractivity contribution is 0.146. The smallest absolute Gasteiger partial charge is 0.407 e. The second kappa shape index (κ2) is 8.68. The van der Waals surface area contributed by atoms with Crippen LogP contribution in [0.15, 0.2) is 16.6 Å². The van der Waals surface area contributed by atoms with E-state index in [0.29, 0.717) is 19.6 Å². The van der Waals surface area contributed by atoms with Crippen LogP contribution in [0.2, 0.25) is 0 Å². The van der Waals surface area contributed by atoms with E-state index in [4.69, 9.17) is 14.2 Å². The Hall–Kier alpha value is -1.43. The van der Waals surface area contributed by atoms with Crippen LogP contribution in [0.1, 0.15) is 18.9 Å². The van der Waals surface area contributed by atoms with Gasteiger partial charge in [-0.05, 0) is 46.5 Å². The number of rotatable bonds is 7. The molecule has 0 atom stereocenters. The molecule has 1 aromatic carbocycles. The van der Waals surface area contributed by atoms with Crippen molar-refractivity contribution in [1.82, 2.24) is 5.32 Å². The molecule has 0 fully saturated rings. The maximum absolute atomic E-state index is 11.3. The van der Waals surface area contributed by atoms with E-state index in [0.717, 1.165) is 28.0 Å². The summed E-state index contributed by atoms with van der Waals surface area (Å²) in [6.07, 6.45) is 1.05. The van der Waals surface area contributed by atoms with Crippen molar-refractivity contribution in [2.45, 2.75) is 19.8 Å². The first kappa shape index (κ1) is 16.6. The third-order valence-electron chi connectivity index (χ3n) is 2.66. The SMILES string of the molecule is CCCOC(=O)NCCc1cc(OC)c(Br)cc1OC. The molecule has 0 aliphatic rings. The molecule has 0 heterocycles. The Morgan fingerprint density at radius 2 is 1.95 bits per heavy atom. The quantitative estimate of drug-likeness (QED) is 0.824. The Labute approximate surface area is 127 Å². The highest BCUT2D eigenvalue weighted by Crippen LogP contribution is 2.32. The van der Waals surface area contributed by atoms with E-state index in [1.807, 2.05) is 19.1 Å². The molecular weight excluding hydrogens is 326 g/mol. The van der Waals surface area contributed by atoms with Gasteiger partial charge in [-0.25, -0.2) is 4.79 Å².